The highest BCUT2D eigenvalue weighted by Gasteiger charge is 2.06. The Morgan fingerprint density at radius 1 is 1.40 bits per heavy atom. The molecule has 0 fully saturated rings. The fourth-order valence-electron chi connectivity index (χ4n) is 1.12. The van der Waals surface area contributed by atoms with Crippen LogP contribution in [0.5, 0.6) is 0 Å². The van der Waals surface area contributed by atoms with Gasteiger partial charge < -0.3 is 11.1 Å². The molecule has 0 aliphatic rings. The number of hydrogen-bond acceptors (Lipinski definition) is 3. The van der Waals surface area contributed by atoms with Crippen molar-refractivity contribution in [2.24, 2.45) is 0 Å². The van der Waals surface area contributed by atoms with Crippen molar-refractivity contribution in [3.63, 3.8) is 0 Å². The van der Waals surface area contributed by atoms with E-state index in [2.05, 4.69) is 5.32 Å². The van der Waals surface area contributed by atoms with Crippen LogP contribution in [0, 0.1) is 0 Å². The third-order valence-electron chi connectivity index (χ3n) is 2.06. The van der Waals surface area contributed by atoms with Crippen LogP contribution in [0.4, 0.5) is 11.4 Å². The Morgan fingerprint density at radius 2 is 2.07 bits per heavy atom. The fraction of sp³-hybridized carbons (Fsp3) is 0.273. The molecule has 0 saturated heterocycles. The zero-order valence-corrected chi connectivity index (χ0v) is 8.83. The first-order chi connectivity index (χ1) is 7.04. The standard InChI is InChI=1S/C11H14N2O2/c1-3-11(15)13-10-6-8(7(2)14)4-5-9(10)12/h4-6H,3,12H2,1-2H3,(H,13,15). The highest BCUT2D eigenvalue weighted by Crippen LogP contribution is 2.20. The molecular weight excluding hydrogens is 192 g/mol. The number of ketones is 1. The maximum atomic E-state index is 11.2. The van der Waals surface area contributed by atoms with Gasteiger partial charge in [-0.1, -0.05) is 6.92 Å². The molecule has 4 nitrogen and oxygen atoms in total. The van der Waals surface area contributed by atoms with Crippen molar-refractivity contribution in [3.05, 3.63) is 23.8 Å². The highest BCUT2D eigenvalue weighted by atomic mass is 16.1. The molecule has 0 heterocycles. The molecule has 0 bridgehead atoms. The van der Waals surface area contributed by atoms with Crippen LogP contribution < -0.4 is 11.1 Å². The fourth-order valence-corrected chi connectivity index (χ4v) is 1.12. The lowest BCUT2D eigenvalue weighted by Crippen LogP contribution is -2.11. The number of anilines is 2. The van der Waals surface area contributed by atoms with E-state index in [1.54, 1.807) is 25.1 Å². The van der Waals surface area contributed by atoms with E-state index < -0.39 is 0 Å². The molecule has 15 heavy (non-hydrogen) atoms. The first-order valence-electron chi connectivity index (χ1n) is 4.75. The smallest absolute Gasteiger partial charge is 0.224 e. The summed E-state index contributed by atoms with van der Waals surface area (Å²) in [6.07, 6.45) is 0.379. The number of nitrogens with two attached hydrogens (primary N) is 1. The molecule has 0 aromatic heterocycles. The highest BCUT2D eigenvalue weighted by molar-refractivity contribution is 5.99. The number of nitrogens with one attached hydrogen (secondary N) is 1. The van der Waals surface area contributed by atoms with Crippen LogP contribution in [0.15, 0.2) is 18.2 Å². The first-order valence-corrected chi connectivity index (χ1v) is 4.75. The normalized spacial score (nSPS) is 9.73. The van der Waals surface area contributed by atoms with Crippen LogP contribution in [0.1, 0.15) is 30.6 Å². The predicted molar refractivity (Wildman–Crippen MR) is 59.8 cm³/mol. The Balaban J connectivity index is 3.00. The number of amides is 1. The van der Waals surface area contributed by atoms with Gasteiger partial charge in [0.15, 0.2) is 5.78 Å². The molecule has 0 radical (unpaired) electrons. The van der Waals surface area contributed by atoms with Crippen molar-refractivity contribution in [2.75, 3.05) is 11.1 Å². The summed E-state index contributed by atoms with van der Waals surface area (Å²) in [6, 6.07) is 4.84. The number of Topliss-reactive ketones (excluding diaryl/α,β-unsaturated/α-hetero) is 1. The van der Waals surface area contributed by atoms with E-state index in [-0.39, 0.29) is 11.7 Å². The van der Waals surface area contributed by atoms with Gasteiger partial charge in [0.1, 0.15) is 0 Å². The number of benzene rings is 1. The molecule has 1 aromatic rings. The minimum absolute atomic E-state index is 0.0537. The molecule has 80 valence electrons. The Hall–Kier alpha value is -1.84. The van der Waals surface area contributed by atoms with Gasteiger partial charge in [0, 0.05) is 12.0 Å². The van der Waals surface area contributed by atoms with Crippen LogP contribution in [0.2, 0.25) is 0 Å². The summed E-state index contributed by atoms with van der Waals surface area (Å²) in [6.45, 7) is 3.22. The van der Waals surface area contributed by atoms with Crippen LogP contribution >= 0.6 is 0 Å². The quantitative estimate of drug-likeness (QED) is 0.585. The lowest BCUT2D eigenvalue weighted by molar-refractivity contribution is -0.115. The van der Waals surface area contributed by atoms with E-state index in [1.807, 2.05) is 0 Å². The van der Waals surface area contributed by atoms with E-state index in [9.17, 15) is 9.59 Å². The van der Waals surface area contributed by atoms with E-state index in [0.29, 0.717) is 23.4 Å². The van der Waals surface area contributed by atoms with E-state index >= 15 is 0 Å². The lowest BCUT2D eigenvalue weighted by atomic mass is 10.1. The average Bonchev–Trinajstić information content (AvgIpc) is 2.20. The van der Waals surface area contributed by atoms with Crippen molar-refractivity contribution in [1.82, 2.24) is 0 Å². The van der Waals surface area contributed by atoms with Gasteiger partial charge in [0.2, 0.25) is 5.91 Å². The molecule has 0 spiro atoms. The zero-order valence-electron chi connectivity index (χ0n) is 8.83. The van der Waals surface area contributed by atoms with Gasteiger partial charge in [-0.15, -0.1) is 0 Å². The molecular formula is C11H14N2O2. The van der Waals surface area contributed by atoms with Gasteiger partial charge in [-0.05, 0) is 25.1 Å². The number of nitrogen functional groups attached to an aromatic ring is 1. The van der Waals surface area contributed by atoms with Crippen molar-refractivity contribution < 1.29 is 9.59 Å². The van der Waals surface area contributed by atoms with Crippen molar-refractivity contribution in [2.45, 2.75) is 20.3 Å². The Morgan fingerprint density at radius 3 is 2.60 bits per heavy atom. The Labute approximate surface area is 88.5 Å². The second-order valence-electron chi connectivity index (χ2n) is 3.26. The van der Waals surface area contributed by atoms with Gasteiger partial charge in [-0.3, -0.25) is 9.59 Å². The minimum Gasteiger partial charge on any atom is -0.397 e. The second kappa shape index (κ2) is 4.59. The summed E-state index contributed by atoms with van der Waals surface area (Å²) in [5.41, 5.74) is 7.16. The molecule has 1 amide bonds. The molecule has 1 rings (SSSR count). The van der Waals surface area contributed by atoms with Gasteiger partial charge in [0.25, 0.3) is 0 Å². The van der Waals surface area contributed by atoms with Crippen molar-refractivity contribution in [3.8, 4) is 0 Å². The maximum absolute atomic E-state index is 11.2. The third kappa shape index (κ3) is 2.80. The predicted octanol–water partition coefficient (Wildman–Crippen LogP) is 1.82. The SMILES string of the molecule is CCC(=O)Nc1cc(C(C)=O)ccc1N. The maximum Gasteiger partial charge on any atom is 0.224 e. The van der Waals surface area contributed by atoms with Crippen LogP contribution in [-0.4, -0.2) is 11.7 Å². The summed E-state index contributed by atoms with van der Waals surface area (Å²) in [5, 5.41) is 2.64. The van der Waals surface area contributed by atoms with E-state index in [4.69, 9.17) is 5.73 Å². The Kier molecular flexibility index (Phi) is 3.44. The second-order valence-corrected chi connectivity index (χ2v) is 3.26. The molecule has 0 saturated carbocycles. The zero-order chi connectivity index (χ0) is 11.4. The first kappa shape index (κ1) is 11.2. The number of hydrogen-bond donors (Lipinski definition) is 2. The topological polar surface area (TPSA) is 72.2 Å². The molecule has 0 aliphatic carbocycles. The Bertz CT molecular complexity index is 400. The van der Waals surface area contributed by atoms with Crippen molar-refractivity contribution >= 4 is 23.1 Å². The number of rotatable bonds is 3. The molecule has 0 aliphatic heterocycles. The number of carbonyl (C=O) groups is 2. The van der Waals surface area contributed by atoms with Gasteiger partial charge in [-0.25, -0.2) is 0 Å². The largest absolute Gasteiger partial charge is 0.397 e. The van der Waals surface area contributed by atoms with Crippen molar-refractivity contribution in [1.29, 1.82) is 0 Å². The van der Waals surface area contributed by atoms with E-state index in [1.165, 1.54) is 6.92 Å². The molecule has 0 atom stereocenters. The summed E-state index contributed by atoms with van der Waals surface area (Å²) in [5.74, 6) is -0.176. The average molecular weight is 206 g/mol. The van der Waals surface area contributed by atoms with Gasteiger partial charge in [0.05, 0.1) is 11.4 Å². The summed E-state index contributed by atoms with van der Waals surface area (Å²) in [7, 11) is 0. The van der Waals surface area contributed by atoms with Crippen LogP contribution in [-0.2, 0) is 4.79 Å². The third-order valence-corrected chi connectivity index (χ3v) is 2.06. The monoisotopic (exact) mass is 206 g/mol. The molecule has 0 unspecified atom stereocenters. The lowest BCUT2D eigenvalue weighted by Gasteiger charge is -2.08. The van der Waals surface area contributed by atoms with E-state index in [0.717, 1.165) is 0 Å². The van der Waals surface area contributed by atoms with Gasteiger partial charge >= 0.3 is 0 Å². The molecule has 1 aromatic carbocycles. The van der Waals surface area contributed by atoms with Crippen LogP contribution in [0.25, 0.3) is 0 Å². The number of carbonyl (C=O) groups excluding carboxylic acids is 2. The summed E-state index contributed by atoms with van der Waals surface area (Å²) in [4.78, 5) is 22.3. The van der Waals surface area contributed by atoms with Crippen LogP contribution in [0.3, 0.4) is 0 Å². The molecule has 4 heteroatoms. The van der Waals surface area contributed by atoms with Gasteiger partial charge in [-0.2, -0.15) is 0 Å². The minimum atomic E-state index is -0.123. The summed E-state index contributed by atoms with van der Waals surface area (Å²) >= 11 is 0. The molecule has 3 N–H and O–H groups in total. The summed E-state index contributed by atoms with van der Waals surface area (Å²) < 4.78 is 0.